The molecule has 0 spiro atoms. The van der Waals surface area contributed by atoms with E-state index in [9.17, 15) is 19.8 Å². The molecule has 1 amide bonds. The lowest BCUT2D eigenvalue weighted by molar-refractivity contribution is -0.143. The molecule has 3 N–H and O–H groups in total. The zero-order valence-corrected chi connectivity index (χ0v) is 51.5. The van der Waals surface area contributed by atoms with Crippen molar-refractivity contribution in [1.82, 2.24) is 5.32 Å². The van der Waals surface area contributed by atoms with Gasteiger partial charge in [-0.1, -0.05) is 340 Å². The molecule has 0 aromatic rings. The minimum Gasteiger partial charge on any atom is -0.466 e. The van der Waals surface area contributed by atoms with E-state index in [0.717, 1.165) is 38.5 Å². The van der Waals surface area contributed by atoms with Gasteiger partial charge in [-0.2, -0.15) is 0 Å². The molecule has 0 fully saturated rings. The van der Waals surface area contributed by atoms with Crippen LogP contribution in [0.3, 0.4) is 0 Å². The summed E-state index contributed by atoms with van der Waals surface area (Å²) in [7, 11) is 0. The SMILES string of the molecule is CCCCCCCCCCCCC/C=C/C(O)C(CO)NC(=O)CCCCCCCCCCCCCCC/C=C\CCCCCCCCCCCCCCOC(=O)CCCCCCCCCCCCCCCCCCC. The summed E-state index contributed by atoms with van der Waals surface area (Å²) < 4.78 is 5.51. The van der Waals surface area contributed by atoms with Crippen molar-refractivity contribution in [2.45, 2.75) is 398 Å². The number of aliphatic hydroxyl groups excluding tert-OH is 2. The number of ether oxygens (including phenoxy) is 1. The third-order valence-corrected chi connectivity index (χ3v) is 16.2. The van der Waals surface area contributed by atoms with Gasteiger partial charge in [0.15, 0.2) is 0 Å². The van der Waals surface area contributed by atoms with Crippen LogP contribution < -0.4 is 5.32 Å². The number of aliphatic hydroxyl groups is 2. The Balaban J connectivity index is 3.35. The number of amides is 1. The van der Waals surface area contributed by atoms with Gasteiger partial charge in [0.1, 0.15) is 0 Å². The zero-order chi connectivity index (χ0) is 55.0. The minimum absolute atomic E-state index is 0.0207. The first-order valence-electron chi connectivity index (χ1n) is 34.6. The third-order valence-electron chi connectivity index (χ3n) is 16.2. The highest BCUT2D eigenvalue weighted by atomic mass is 16.5. The summed E-state index contributed by atoms with van der Waals surface area (Å²) in [5, 5.41) is 23.1. The molecule has 0 heterocycles. The maximum atomic E-state index is 12.5. The number of rotatable bonds is 65. The van der Waals surface area contributed by atoms with Crippen LogP contribution in [0.1, 0.15) is 386 Å². The zero-order valence-electron chi connectivity index (χ0n) is 51.5. The fourth-order valence-corrected chi connectivity index (χ4v) is 10.9. The quantitative estimate of drug-likeness (QED) is 0.0320. The van der Waals surface area contributed by atoms with Crippen molar-refractivity contribution in [3.63, 3.8) is 0 Å². The molecular weight excluding hydrogens is 935 g/mol. The van der Waals surface area contributed by atoms with Gasteiger partial charge in [0, 0.05) is 12.8 Å². The standard InChI is InChI=1S/C70H135NO5/c1-3-5-7-9-11-13-15-17-18-32-36-40-44-48-52-56-60-64-70(75)76-65-61-57-53-49-45-41-37-34-31-29-27-25-23-21-19-20-22-24-26-28-30-33-35-39-43-47-51-55-59-63-69(74)71-67(66-72)68(73)62-58-54-50-46-42-38-16-14-12-10-8-6-4-2/h19,21,58,62,67-68,72-73H,3-18,20,22-57,59-61,63-66H2,1-2H3,(H,71,74)/b21-19-,62-58+. The summed E-state index contributed by atoms with van der Waals surface area (Å²) in [4.78, 5) is 24.6. The van der Waals surface area contributed by atoms with Gasteiger partial charge in [-0.3, -0.25) is 9.59 Å². The molecule has 0 radical (unpaired) electrons. The van der Waals surface area contributed by atoms with Crippen LogP contribution in [0, 0.1) is 0 Å². The Labute approximate surface area is 475 Å². The first-order valence-corrected chi connectivity index (χ1v) is 34.6. The molecule has 2 unspecified atom stereocenters. The number of nitrogens with one attached hydrogen (secondary N) is 1. The number of esters is 1. The average molecular weight is 1070 g/mol. The Bertz CT molecular complexity index is 1190. The van der Waals surface area contributed by atoms with Gasteiger partial charge in [-0.25, -0.2) is 0 Å². The summed E-state index contributed by atoms with van der Waals surface area (Å²) >= 11 is 0. The van der Waals surface area contributed by atoms with E-state index in [1.54, 1.807) is 6.08 Å². The first-order chi connectivity index (χ1) is 37.5. The van der Waals surface area contributed by atoms with Gasteiger partial charge in [-0.05, 0) is 57.8 Å². The lowest BCUT2D eigenvalue weighted by Crippen LogP contribution is -2.45. The van der Waals surface area contributed by atoms with Gasteiger partial charge in [-0.15, -0.1) is 0 Å². The molecule has 0 aromatic carbocycles. The minimum atomic E-state index is -0.843. The molecule has 0 aliphatic heterocycles. The molecule has 0 aliphatic carbocycles. The monoisotopic (exact) mass is 1070 g/mol. The van der Waals surface area contributed by atoms with Crippen LogP contribution in [0.2, 0.25) is 0 Å². The highest BCUT2D eigenvalue weighted by molar-refractivity contribution is 5.76. The predicted molar refractivity (Wildman–Crippen MR) is 333 cm³/mol. The Hall–Kier alpha value is -1.66. The molecule has 0 bridgehead atoms. The van der Waals surface area contributed by atoms with E-state index in [2.05, 4.69) is 31.3 Å². The number of carbonyl (C=O) groups is 2. The second-order valence-electron chi connectivity index (χ2n) is 23.9. The van der Waals surface area contributed by atoms with Crippen LogP contribution in [-0.2, 0) is 14.3 Å². The Kier molecular flexibility index (Phi) is 64.4. The van der Waals surface area contributed by atoms with Gasteiger partial charge in [0.05, 0.1) is 25.4 Å². The van der Waals surface area contributed by atoms with E-state index in [1.165, 1.54) is 321 Å². The Morgan fingerprint density at radius 1 is 0.355 bits per heavy atom. The highest BCUT2D eigenvalue weighted by Crippen LogP contribution is 2.18. The average Bonchev–Trinajstić information content (AvgIpc) is 3.42. The van der Waals surface area contributed by atoms with Gasteiger partial charge < -0.3 is 20.3 Å². The van der Waals surface area contributed by atoms with E-state index in [4.69, 9.17) is 4.74 Å². The lowest BCUT2D eigenvalue weighted by atomic mass is 10.0. The van der Waals surface area contributed by atoms with Gasteiger partial charge in [0.2, 0.25) is 5.91 Å². The fraction of sp³-hybridized carbons (Fsp3) is 0.914. The summed E-state index contributed by atoms with van der Waals surface area (Å²) in [5.74, 6) is -0.0450. The molecule has 0 rings (SSSR count). The molecule has 0 saturated carbocycles. The Morgan fingerprint density at radius 3 is 0.934 bits per heavy atom. The first kappa shape index (κ1) is 74.3. The second kappa shape index (κ2) is 65.9. The van der Waals surface area contributed by atoms with E-state index < -0.39 is 12.1 Å². The molecule has 76 heavy (non-hydrogen) atoms. The molecule has 0 aromatic heterocycles. The van der Waals surface area contributed by atoms with Crippen LogP contribution >= 0.6 is 0 Å². The smallest absolute Gasteiger partial charge is 0.305 e. The van der Waals surface area contributed by atoms with Crippen molar-refractivity contribution in [2.75, 3.05) is 13.2 Å². The van der Waals surface area contributed by atoms with Gasteiger partial charge in [0.25, 0.3) is 0 Å². The molecule has 0 saturated heterocycles. The maximum absolute atomic E-state index is 12.5. The third kappa shape index (κ3) is 61.6. The van der Waals surface area contributed by atoms with Crippen molar-refractivity contribution in [3.8, 4) is 0 Å². The summed E-state index contributed by atoms with van der Waals surface area (Å²) in [6, 6.07) is -0.626. The molecule has 0 aliphatic rings. The predicted octanol–water partition coefficient (Wildman–Crippen LogP) is 22.1. The normalized spacial score (nSPS) is 12.6. The molecule has 6 heteroatoms. The fourth-order valence-electron chi connectivity index (χ4n) is 10.9. The molecular formula is C70H135NO5. The van der Waals surface area contributed by atoms with Crippen molar-refractivity contribution in [3.05, 3.63) is 24.3 Å². The summed E-state index contributed by atoms with van der Waals surface area (Å²) in [5.41, 5.74) is 0. The lowest BCUT2D eigenvalue weighted by Gasteiger charge is -2.20. The number of carbonyl (C=O) groups excluding carboxylic acids is 2. The number of hydrogen-bond donors (Lipinski definition) is 3. The largest absolute Gasteiger partial charge is 0.466 e. The van der Waals surface area contributed by atoms with Crippen molar-refractivity contribution >= 4 is 11.9 Å². The van der Waals surface area contributed by atoms with Crippen molar-refractivity contribution in [1.29, 1.82) is 0 Å². The number of hydrogen-bond acceptors (Lipinski definition) is 5. The van der Waals surface area contributed by atoms with Crippen LogP contribution in [0.5, 0.6) is 0 Å². The van der Waals surface area contributed by atoms with E-state index in [0.29, 0.717) is 19.4 Å². The molecule has 2 atom stereocenters. The van der Waals surface area contributed by atoms with Crippen molar-refractivity contribution < 1.29 is 24.5 Å². The van der Waals surface area contributed by atoms with E-state index >= 15 is 0 Å². The summed E-state index contributed by atoms with van der Waals surface area (Å²) in [6.45, 7) is 4.93. The Morgan fingerprint density at radius 2 is 0.618 bits per heavy atom. The van der Waals surface area contributed by atoms with E-state index in [1.807, 2.05) is 6.08 Å². The molecule has 6 nitrogen and oxygen atoms in total. The summed E-state index contributed by atoms with van der Waals surface area (Å²) in [6.07, 6.45) is 82.6. The number of unbranched alkanes of at least 4 members (excludes halogenated alkanes) is 52. The molecule has 450 valence electrons. The van der Waals surface area contributed by atoms with Crippen LogP contribution in [0.4, 0.5) is 0 Å². The van der Waals surface area contributed by atoms with Crippen LogP contribution in [0.25, 0.3) is 0 Å². The maximum Gasteiger partial charge on any atom is 0.305 e. The number of allylic oxidation sites excluding steroid dienone is 3. The topological polar surface area (TPSA) is 95.9 Å². The van der Waals surface area contributed by atoms with Crippen LogP contribution in [0.15, 0.2) is 24.3 Å². The second-order valence-corrected chi connectivity index (χ2v) is 23.9. The van der Waals surface area contributed by atoms with Gasteiger partial charge >= 0.3 is 5.97 Å². The highest BCUT2D eigenvalue weighted by Gasteiger charge is 2.18. The van der Waals surface area contributed by atoms with Crippen molar-refractivity contribution in [2.24, 2.45) is 0 Å². The van der Waals surface area contributed by atoms with E-state index in [-0.39, 0.29) is 18.5 Å². The van der Waals surface area contributed by atoms with Crippen LogP contribution in [-0.4, -0.2) is 47.4 Å².